The molecule has 2 nitrogen and oxygen atoms in total. The fourth-order valence-corrected chi connectivity index (χ4v) is 3.14. The van der Waals surface area contributed by atoms with E-state index in [0.29, 0.717) is 6.04 Å². The Balaban J connectivity index is 1.95. The molecule has 0 fully saturated rings. The van der Waals surface area contributed by atoms with E-state index in [0.717, 1.165) is 29.3 Å². The highest BCUT2D eigenvalue weighted by Crippen LogP contribution is 2.41. The molecule has 1 N–H and O–H groups in total. The second-order valence-electron chi connectivity index (χ2n) is 5.55. The highest BCUT2D eigenvalue weighted by atomic mass is 35.5. The number of benzene rings is 2. The summed E-state index contributed by atoms with van der Waals surface area (Å²) < 4.78 is 6.21. The van der Waals surface area contributed by atoms with Crippen molar-refractivity contribution in [2.75, 3.05) is 6.54 Å². The van der Waals surface area contributed by atoms with Crippen LogP contribution < -0.4 is 10.1 Å². The summed E-state index contributed by atoms with van der Waals surface area (Å²) in [6.07, 6.45) is 0.966. The van der Waals surface area contributed by atoms with Gasteiger partial charge in [0.05, 0.1) is 0 Å². The minimum Gasteiger partial charge on any atom is -0.485 e. The standard InChI is InChI=1S/C18H20ClNO/c1-3-20-16-11-18(13-5-4-6-14(19)10-13)21-17-8-7-12(2)9-15(16)17/h4-10,16,18,20H,3,11H2,1-2H3. The first-order chi connectivity index (χ1) is 10.2. The Hall–Kier alpha value is -1.51. The van der Waals surface area contributed by atoms with Gasteiger partial charge in [-0.15, -0.1) is 0 Å². The van der Waals surface area contributed by atoms with Gasteiger partial charge in [-0.1, -0.05) is 48.4 Å². The Morgan fingerprint density at radius 2 is 2.10 bits per heavy atom. The Morgan fingerprint density at radius 3 is 2.86 bits per heavy atom. The zero-order valence-corrected chi connectivity index (χ0v) is 13.2. The van der Waals surface area contributed by atoms with E-state index in [1.807, 2.05) is 18.2 Å². The fraction of sp³-hybridized carbons (Fsp3) is 0.333. The van der Waals surface area contributed by atoms with Crippen LogP contribution in [0.3, 0.4) is 0 Å². The summed E-state index contributed by atoms with van der Waals surface area (Å²) in [5.74, 6) is 0.975. The lowest BCUT2D eigenvalue weighted by Gasteiger charge is -2.33. The minimum atomic E-state index is 0.0444. The Bertz CT molecular complexity index is 641. The van der Waals surface area contributed by atoms with Crippen LogP contribution in [0.2, 0.25) is 5.02 Å². The van der Waals surface area contributed by atoms with Crippen LogP contribution in [0.25, 0.3) is 0 Å². The van der Waals surface area contributed by atoms with Gasteiger partial charge in [-0.25, -0.2) is 0 Å². The molecule has 3 rings (SSSR count). The number of halogens is 1. The first kappa shape index (κ1) is 14.4. The van der Waals surface area contributed by atoms with Gasteiger partial charge >= 0.3 is 0 Å². The topological polar surface area (TPSA) is 21.3 Å². The maximum absolute atomic E-state index is 6.21. The van der Waals surface area contributed by atoms with Gasteiger partial charge in [0.2, 0.25) is 0 Å². The molecule has 0 saturated heterocycles. The summed E-state index contributed by atoms with van der Waals surface area (Å²) in [6.45, 7) is 5.20. The van der Waals surface area contributed by atoms with E-state index < -0.39 is 0 Å². The van der Waals surface area contributed by atoms with E-state index in [-0.39, 0.29) is 6.10 Å². The van der Waals surface area contributed by atoms with Crippen molar-refractivity contribution in [3.05, 3.63) is 64.2 Å². The van der Waals surface area contributed by atoms with Crippen molar-refractivity contribution in [1.29, 1.82) is 0 Å². The number of rotatable bonds is 3. The average Bonchev–Trinajstić information content (AvgIpc) is 2.48. The highest BCUT2D eigenvalue weighted by molar-refractivity contribution is 6.30. The molecule has 21 heavy (non-hydrogen) atoms. The molecule has 0 radical (unpaired) electrons. The van der Waals surface area contributed by atoms with Gasteiger partial charge in [0.15, 0.2) is 0 Å². The van der Waals surface area contributed by atoms with Crippen molar-refractivity contribution in [3.63, 3.8) is 0 Å². The van der Waals surface area contributed by atoms with E-state index in [9.17, 15) is 0 Å². The maximum atomic E-state index is 6.21. The Kier molecular flexibility index (Phi) is 4.18. The van der Waals surface area contributed by atoms with Gasteiger partial charge in [-0.2, -0.15) is 0 Å². The quantitative estimate of drug-likeness (QED) is 0.877. The van der Waals surface area contributed by atoms with Crippen LogP contribution in [0.15, 0.2) is 42.5 Å². The minimum absolute atomic E-state index is 0.0444. The molecule has 1 aliphatic rings. The highest BCUT2D eigenvalue weighted by Gasteiger charge is 2.28. The molecular formula is C18H20ClNO. The Morgan fingerprint density at radius 1 is 1.24 bits per heavy atom. The molecule has 3 heteroatoms. The summed E-state index contributed by atoms with van der Waals surface area (Å²) in [7, 11) is 0. The second-order valence-corrected chi connectivity index (χ2v) is 5.99. The third kappa shape index (κ3) is 3.07. The zero-order valence-electron chi connectivity index (χ0n) is 12.4. The van der Waals surface area contributed by atoms with E-state index in [4.69, 9.17) is 16.3 Å². The SMILES string of the molecule is CCNC1CC(c2cccc(Cl)c2)Oc2ccc(C)cc21. The van der Waals surface area contributed by atoms with Crippen molar-refractivity contribution in [1.82, 2.24) is 5.32 Å². The number of nitrogens with one attached hydrogen (secondary N) is 1. The molecule has 0 bridgehead atoms. The third-order valence-electron chi connectivity index (χ3n) is 3.93. The van der Waals surface area contributed by atoms with Crippen LogP contribution in [0.5, 0.6) is 5.75 Å². The lowest BCUT2D eigenvalue weighted by atomic mass is 9.92. The van der Waals surface area contributed by atoms with E-state index in [2.05, 4.69) is 43.4 Å². The molecule has 2 atom stereocenters. The number of ether oxygens (including phenoxy) is 1. The number of hydrogen-bond donors (Lipinski definition) is 1. The molecule has 2 unspecified atom stereocenters. The summed E-state index contributed by atoms with van der Waals surface area (Å²) in [5, 5.41) is 4.32. The second kappa shape index (κ2) is 6.08. The van der Waals surface area contributed by atoms with Gasteiger partial charge in [-0.3, -0.25) is 0 Å². The van der Waals surface area contributed by atoms with Crippen molar-refractivity contribution in [3.8, 4) is 5.75 Å². The van der Waals surface area contributed by atoms with Gasteiger partial charge in [0.25, 0.3) is 0 Å². The zero-order chi connectivity index (χ0) is 14.8. The van der Waals surface area contributed by atoms with Crippen molar-refractivity contribution < 1.29 is 4.74 Å². The summed E-state index contributed by atoms with van der Waals surface area (Å²) in [4.78, 5) is 0. The lowest BCUT2D eigenvalue weighted by Crippen LogP contribution is -2.29. The van der Waals surface area contributed by atoms with Crippen molar-refractivity contribution in [2.24, 2.45) is 0 Å². The largest absolute Gasteiger partial charge is 0.485 e. The number of hydrogen-bond acceptors (Lipinski definition) is 2. The van der Waals surface area contributed by atoms with Crippen LogP contribution in [-0.4, -0.2) is 6.54 Å². The van der Waals surface area contributed by atoms with Crippen LogP contribution in [-0.2, 0) is 0 Å². The first-order valence-electron chi connectivity index (χ1n) is 7.43. The van der Waals surface area contributed by atoms with E-state index in [1.165, 1.54) is 11.1 Å². The molecule has 110 valence electrons. The van der Waals surface area contributed by atoms with E-state index >= 15 is 0 Å². The predicted molar refractivity (Wildman–Crippen MR) is 87.0 cm³/mol. The monoisotopic (exact) mass is 301 g/mol. The van der Waals surface area contributed by atoms with Gasteiger partial charge < -0.3 is 10.1 Å². The van der Waals surface area contributed by atoms with Gasteiger partial charge in [-0.05, 0) is 37.2 Å². The molecule has 2 aromatic rings. The van der Waals surface area contributed by atoms with Crippen LogP contribution in [0, 0.1) is 6.92 Å². The maximum Gasteiger partial charge on any atom is 0.126 e. The number of fused-ring (bicyclic) bond motifs is 1. The van der Waals surface area contributed by atoms with Crippen molar-refractivity contribution in [2.45, 2.75) is 32.4 Å². The Labute approximate surface area is 131 Å². The molecule has 0 aliphatic carbocycles. The molecule has 0 saturated carbocycles. The van der Waals surface area contributed by atoms with Crippen LogP contribution >= 0.6 is 11.6 Å². The van der Waals surface area contributed by atoms with Crippen molar-refractivity contribution >= 4 is 11.6 Å². The third-order valence-corrected chi connectivity index (χ3v) is 4.17. The van der Waals surface area contributed by atoms with Crippen LogP contribution in [0.1, 0.15) is 42.2 Å². The average molecular weight is 302 g/mol. The predicted octanol–water partition coefficient (Wildman–Crippen LogP) is 4.82. The molecular weight excluding hydrogens is 282 g/mol. The molecule has 0 aromatic heterocycles. The fourth-order valence-electron chi connectivity index (χ4n) is 2.94. The summed E-state index contributed by atoms with van der Waals surface area (Å²) in [5.41, 5.74) is 3.66. The molecule has 0 spiro atoms. The summed E-state index contributed by atoms with van der Waals surface area (Å²) >= 11 is 6.11. The number of aryl methyl sites for hydroxylation is 1. The molecule has 0 amide bonds. The normalized spacial score (nSPS) is 20.7. The van der Waals surface area contributed by atoms with Gasteiger partial charge in [0, 0.05) is 23.0 Å². The molecule has 2 aromatic carbocycles. The molecule has 1 heterocycles. The summed E-state index contributed by atoms with van der Waals surface area (Å²) in [6, 6.07) is 14.7. The smallest absolute Gasteiger partial charge is 0.126 e. The lowest BCUT2D eigenvalue weighted by molar-refractivity contribution is 0.152. The van der Waals surface area contributed by atoms with Crippen LogP contribution in [0.4, 0.5) is 0 Å². The molecule has 1 aliphatic heterocycles. The van der Waals surface area contributed by atoms with Gasteiger partial charge in [0.1, 0.15) is 11.9 Å². The van der Waals surface area contributed by atoms with E-state index in [1.54, 1.807) is 0 Å². The first-order valence-corrected chi connectivity index (χ1v) is 7.81.